The molecule has 0 saturated heterocycles. The Morgan fingerprint density at radius 3 is 0.963 bits per heavy atom. The highest BCUT2D eigenvalue weighted by atomic mass is 19.2. The van der Waals surface area contributed by atoms with Gasteiger partial charge in [0.2, 0.25) is 17.7 Å². The molecule has 12 unspecified atom stereocenters. The Morgan fingerprint density at radius 1 is 0.356 bits per heavy atom. The van der Waals surface area contributed by atoms with E-state index < -0.39 is 108 Å². The van der Waals surface area contributed by atoms with Crippen LogP contribution in [0.1, 0.15) is 269 Å². The first-order chi connectivity index (χ1) is 63.5. The molecule has 0 spiro atoms. The lowest BCUT2D eigenvalue weighted by Gasteiger charge is -2.32. The smallest absolute Gasteiger partial charge is 0.251 e. The van der Waals surface area contributed by atoms with Crippen LogP contribution in [-0.4, -0.2) is 132 Å². The lowest BCUT2D eigenvalue weighted by atomic mass is 9.80. The first-order valence-electron chi connectivity index (χ1n) is 47.9. The minimum Gasteiger partial charge on any atom is -0.390 e. The Kier molecular flexibility index (Phi) is 40.6. The zero-order valence-electron chi connectivity index (χ0n) is 81.7. The van der Waals surface area contributed by atoms with E-state index in [1.54, 1.807) is 0 Å². The quantitative estimate of drug-likeness (QED) is 0.0168. The molecule has 4 aliphatic rings. The number of anilines is 1. The molecule has 135 heavy (non-hydrogen) atoms. The standard InChI is InChI=1S/C29H40F2N2O2.C27H35F3N2O2.C27H36F2N2O2.C26H35F2N3O2/c1-6-21-10-20(16-29(3,4)5)13-25-24(21)8-7-9-26(25)32-17-28(35)27(33-18(2)34)14-19-11-22(30)15-23(31)12-19;1-27(2,3)14-17-7-8-19-5-4-6-23(22(19)11-17)31-16-25(33)24(32-26(34)15-28)12-18-9-20(29)13-21(30)10-18;1-17(32)31-25(13-19-10-21(28)14-22(29)11-19)26(33)16-30-24-7-5-6-20-9-8-18(12-23(20)24)15-27(2,3)4;1-16(32)31-24(12-18-9-19(27)13-20(28)10-18)25(33)15-30-23-7-8-29-22-6-5-17(11-21(22)23)14-26(2,3)4/h10-13,15,26-28,32,35H,6-9,14,16-17H2,1-5H3,(H,33,34);7-11,13,23-25,31,33H,4-6,12,14-16H2,1-3H3,(H,32,34);8-12,14,24-26,30,33H,5-7,13,15-16H2,1-4H3,(H,31,32);5-6,9-11,13,23-25,29-30,33H,7-8,12,14-15H2,1-4H3,(H,31,32). The second-order valence-corrected chi connectivity index (χ2v) is 42.3. The van der Waals surface area contributed by atoms with Gasteiger partial charge in [-0.1, -0.05) is 151 Å². The van der Waals surface area contributed by atoms with E-state index in [-0.39, 0.29) is 121 Å². The first kappa shape index (κ1) is 109. The van der Waals surface area contributed by atoms with Crippen LogP contribution in [0.3, 0.4) is 0 Å². The molecule has 1 heterocycles. The molecular weight excluding hydrogens is 1730 g/mol. The number of amides is 4. The summed E-state index contributed by atoms with van der Waals surface area (Å²) in [6.07, 6.45) is 11.4. The number of rotatable bonds is 34. The molecule has 0 bridgehead atoms. The fourth-order valence-electron chi connectivity index (χ4n) is 19.1. The van der Waals surface area contributed by atoms with Crippen molar-refractivity contribution >= 4 is 29.3 Å². The minimum absolute atomic E-state index is 0.0275. The van der Waals surface area contributed by atoms with Crippen LogP contribution in [0.5, 0.6) is 0 Å². The van der Waals surface area contributed by atoms with Gasteiger partial charge in [0.05, 0.1) is 48.6 Å². The number of hydrogen-bond donors (Lipinski definition) is 13. The van der Waals surface area contributed by atoms with Crippen LogP contribution < -0.4 is 47.9 Å². The Morgan fingerprint density at radius 2 is 0.644 bits per heavy atom. The summed E-state index contributed by atoms with van der Waals surface area (Å²) < 4.78 is 122. The number of nitrogens with one attached hydrogen (secondary N) is 9. The van der Waals surface area contributed by atoms with E-state index in [0.29, 0.717) is 16.7 Å². The van der Waals surface area contributed by atoms with Crippen molar-refractivity contribution in [1.82, 2.24) is 42.5 Å². The molecule has 12 atom stereocenters. The van der Waals surface area contributed by atoms with Crippen LogP contribution in [0.2, 0.25) is 0 Å². The molecule has 8 aromatic rings. The largest absolute Gasteiger partial charge is 0.390 e. The van der Waals surface area contributed by atoms with E-state index in [1.807, 2.05) is 0 Å². The molecule has 1 aliphatic heterocycles. The summed E-state index contributed by atoms with van der Waals surface area (Å²) in [4.78, 5) is 46.9. The number of aryl methyl sites for hydroxylation is 3. The third kappa shape index (κ3) is 36.7. The molecule has 0 aromatic heterocycles. The Bertz CT molecular complexity index is 5010. The van der Waals surface area contributed by atoms with E-state index in [4.69, 9.17) is 0 Å². The van der Waals surface area contributed by atoms with Crippen LogP contribution in [0, 0.1) is 68.2 Å². The van der Waals surface area contributed by atoms with Gasteiger partial charge in [-0.3, -0.25) is 19.2 Å². The number of aliphatic hydroxyl groups excluding tert-OH is 4. The summed E-state index contributed by atoms with van der Waals surface area (Å²) in [5, 5.41) is 71.5. The lowest BCUT2D eigenvalue weighted by Crippen LogP contribution is -2.49. The van der Waals surface area contributed by atoms with Crippen molar-refractivity contribution in [1.29, 1.82) is 0 Å². The molecule has 17 nitrogen and oxygen atoms in total. The van der Waals surface area contributed by atoms with Crippen molar-refractivity contribution in [2.75, 3.05) is 44.7 Å². The molecule has 0 fully saturated rings. The van der Waals surface area contributed by atoms with Gasteiger partial charge < -0.3 is 68.3 Å². The van der Waals surface area contributed by atoms with E-state index in [1.165, 1.54) is 124 Å². The number of fused-ring (bicyclic) bond motifs is 4. The predicted octanol–water partition coefficient (Wildman–Crippen LogP) is 18.5. The average molecular weight is 1880 g/mol. The van der Waals surface area contributed by atoms with Gasteiger partial charge in [-0.25, -0.2) is 39.5 Å². The predicted molar refractivity (Wildman–Crippen MR) is 518 cm³/mol. The molecule has 26 heteroatoms. The highest BCUT2D eigenvalue weighted by molar-refractivity contribution is 5.77. The van der Waals surface area contributed by atoms with Crippen molar-refractivity contribution in [2.45, 2.75) is 306 Å². The number of alkyl halides is 1. The maximum Gasteiger partial charge on any atom is 0.251 e. The number of carbonyl (C=O) groups excluding carboxylic acids is 4. The van der Waals surface area contributed by atoms with Gasteiger partial charge in [-0.15, -0.1) is 0 Å². The van der Waals surface area contributed by atoms with Gasteiger partial charge in [0.1, 0.15) is 46.5 Å². The SMILES string of the molecule is CC(=O)NC(Cc1cc(F)cc(F)c1)C(O)CNC1CCCc2ccc(CC(C)(C)C)cc21.CC(=O)NC(Cc1cc(F)cc(F)c1)C(O)CNC1CCNc2ccc(CC(C)(C)C)cc21.CC(C)(C)Cc1ccc2c(c1)C(NCC(O)C(Cc1cc(F)cc(F)c1)NC(=O)CF)CCC2.CCc1cc(CC(C)(C)C)cc2c1CCCC2NCC(O)C(Cc1cc(F)cc(F)c1)NC(C)=O. The van der Waals surface area contributed by atoms with Crippen molar-refractivity contribution in [2.24, 2.45) is 21.7 Å². The van der Waals surface area contributed by atoms with E-state index in [2.05, 4.69) is 205 Å². The van der Waals surface area contributed by atoms with Crippen molar-refractivity contribution in [3.05, 3.63) is 275 Å². The Labute approximate surface area is 793 Å². The van der Waals surface area contributed by atoms with Crippen LogP contribution >= 0.6 is 0 Å². The van der Waals surface area contributed by atoms with E-state index in [0.717, 1.165) is 145 Å². The number of benzene rings is 8. The van der Waals surface area contributed by atoms with Crippen molar-refractivity contribution in [3.8, 4) is 0 Å². The third-order valence-electron chi connectivity index (χ3n) is 24.6. The van der Waals surface area contributed by atoms with E-state index in [9.17, 15) is 79.1 Å². The summed E-state index contributed by atoms with van der Waals surface area (Å²) in [5.41, 5.74) is 18.8. The lowest BCUT2D eigenvalue weighted by molar-refractivity contribution is -0.123. The van der Waals surface area contributed by atoms with Gasteiger partial charge in [0, 0.05) is 108 Å². The topological polar surface area (TPSA) is 257 Å². The van der Waals surface area contributed by atoms with Gasteiger partial charge in [-0.05, 0) is 287 Å². The van der Waals surface area contributed by atoms with Crippen LogP contribution in [0.25, 0.3) is 0 Å². The molecule has 13 N–H and O–H groups in total. The number of aliphatic hydroxyl groups is 4. The summed E-state index contributed by atoms with van der Waals surface area (Å²) in [6, 6.07) is 34.8. The first-order valence-corrected chi connectivity index (χ1v) is 47.9. The average Bonchev–Trinajstić information content (AvgIpc) is 0.787. The summed E-state index contributed by atoms with van der Waals surface area (Å²) in [6.45, 7) is 33.4. The maximum absolute atomic E-state index is 13.7. The Hall–Kier alpha value is -9.51. The molecule has 0 saturated carbocycles. The molecule has 12 rings (SSSR count). The maximum atomic E-state index is 13.7. The fourth-order valence-corrected chi connectivity index (χ4v) is 19.1. The number of carbonyl (C=O) groups is 4. The molecule has 0 radical (unpaired) electrons. The fraction of sp³-hybridized carbons (Fsp3) is 0.523. The van der Waals surface area contributed by atoms with Gasteiger partial charge in [0.25, 0.3) is 5.91 Å². The highest BCUT2D eigenvalue weighted by Gasteiger charge is 2.34. The minimum atomic E-state index is -1.24. The van der Waals surface area contributed by atoms with Crippen LogP contribution in [-0.2, 0) is 96.2 Å². The zero-order chi connectivity index (χ0) is 99.0. The van der Waals surface area contributed by atoms with E-state index >= 15 is 0 Å². The normalized spacial score (nSPS) is 17.7. The number of halogens is 9. The monoisotopic (exact) mass is 1880 g/mol. The second-order valence-electron chi connectivity index (χ2n) is 42.3. The van der Waals surface area contributed by atoms with Crippen LogP contribution in [0.15, 0.2) is 140 Å². The summed E-state index contributed by atoms with van der Waals surface area (Å²) >= 11 is 0. The molecule has 4 amide bonds. The zero-order valence-corrected chi connectivity index (χ0v) is 81.7. The molecular formula is C109H146F9N9O8. The summed E-state index contributed by atoms with van der Waals surface area (Å²) in [7, 11) is 0. The second kappa shape index (κ2) is 50.2. The number of hydrogen-bond acceptors (Lipinski definition) is 13. The van der Waals surface area contributed by atoms with Crippen molar-refractivity contribution < 1.29 is 79.1 Å². The molecule has 3 aliphatic carbocycles. The van der Waals surface area contributed by atoms with Gasteiger partial charge in [0.15, 0.2) is 6.67 Å². The van der Waals surface area contributed by atoms with Crippen molar-refractivity contribution in [3.63, 3.8) is 0 Å². The van der Waals surface area contributed by atoms with Crippen LogP contribution in [0.4, 0.5) is 45.2 Å². The summed E-state index contributed by atoms with van der Waals surface area (Å²) in [5.74, 6) is -7.35. The highest BCUT2D eigenvalue weighted by Crippen LogP contribution is 2.39. The van der Waals surface area contributed by atoms with Gasteiger partial charge in [-0.2, -0.15) is 0 Å². The molecule has 738 valence electrons. The van der Waals surface area contributed by atoms with Gasteiger partial charge >= 0.3 is 0 Å². The molecule has 8 aromatic carbocycles. The third-order valence-corrected chi connectivity index (χ3v) is 24.6. The Balaban J connectivity index is 0.000000202.